The molecule has 3 N–H and O–H groups in total. The lowest BCUT2D eigenvalue weighted by atomic mass is 10.3. The number of nitrogens with one attached hydrogen (secondary N) is 3. The van der Waals surface area contributed by atoms with Crippen molar-refractivity contribution in [1.29, 1.82) is 0 Å². The van der Waals surface area contributed by atoms with Gasteiger partial charge in [0.25, 0.3) is 10.0 Å². The molecule has 0 bridgehead atoms. The van der Waals surface area contributed by atoms with E-state index in [1.165, 1.54) is 0 Å². The first-order valence-electron chi connectivity index (χ1n) is 6.25. The second kappa shape index (κ2) is 5.38. The molecule has 1 heterocycles. The molecule has 1 aromatic heterocycles. The van der Waals surface area contributed by atoms with E-state index in [4.69, 9.17) is 0 Å². The molecule has 0 amide bonds. The highest BCUT2D eigenvalue weighted by molar-refractivity contribution is 7.89. The number of H-pyrrole nitrogens is 1. The molecule has 0 saturated heterocycles. The highest BCUT2D eigenvalue weighted by atomic mass is 32.2. The summed E-state index contributed by atoms with van der Waals surface area (Å²) in [6, 6.07) is 0.0643. The van der Waals surface area contributed by atoms with E-state index in [1.807, 2.05) is 6.92 Å². The summed E-state index contributed by atoms with van der Waals surface area (Å²) in [4.78, 5) is 0. The molecule has 7 heteroatoms. The average molecular weight is 272 g/mol. The molecule has 0 radical (unpaired) electrons. The number of rotatable bonds is 5. The maximum atomic E-state index is 12.3. The first-order chi connectivity index (χ1) is 8.54. The van der Waals surface area contributed by atoms with E-state index in [0.717, 1.165) is 31.4 Å². The Labute approximate surface area is 108 Å². The Morgan fingerprint density at radius 3 is 2.67 bits per heavy atom. The summed E-state index contributed by atoms with van der Waals surface area (Å²) in [6.07, 6.45) is 4.03. The molecule has 2 rings (SSSR count). The lowest BCUT2D eigenvalue weighted by Gasteiger charge is -2.12. The Bertz CT molecular complexity index is 503. The lowest BCUT2D eigenvalue weighted by molar-refractivity contribution is 0.547. The fraction of sp³-hybridized carbons (Fsp3) is 0.727. The summed E-state index contributed by atoms with van der Waals surface area (Å²) >= 11 is 0. The zero-order valence-corrected chi connectivity index (χ0v) is 11.6. The Morgan fingerprint density at radius 2 is 2.06 bits per heavy atom. The zero-order valence-electron chi connectivity index (χ0n) is 10.8. The van der Waals surface area contributed by atoms with Crippen LogP contribution in [0.4, 0.5) is 0 Å². The molecule has 0 atom stereocenters. The molecule has 0 aromatic carbocycles. The van der Waals surface area contributed by atoms with Crippen LogP contribution in [-0.4, -0.2) is 31.7 Å². The van der Waals surface area contributed by atoms with E-state index < -0.39 is 10.0 Å². The van der Waals surface area contributed by atoms with Gasteiger partial charge in [-0.2, -0.15) is 5.10 Å². The quantitative estimate of drug-likeness (QED) is 0.735. The number of aromatic nitrogens is 2. The van der Waals surface area contributed by atoms with Crippen molar-refractivity contribution in [3.8, 4) is 0 Å². The third kappa shape index (κ3) is 2.73. The number of hydrogen-bond donors (Lipinski definition) is 3. The molecule has 1 aliphatic rings. The first-order valence-corrected chi connectivity index (χ1v) is 7.73. The number of aromatic amines is 1. The molecule has 1 aliphatic carbocycles. The number of hydrogen-bond acceptors (Lipinski definition) is 4. The highest BCUT2D eigenvalue weighted by Crippen LogP contribution is 2.21. The fourth-order valence-electron chi connectivity index (χ4n) is 2.36. The summed E-state index contributed by atoms with van der Waals surface area (Å²) < 4.78 is 27.3. The Morgan fingerprint density at radius 1 is 1.39 bits per heavy atom. The van der Waals surface area contributed by atoms with Gasteiger partial charge in [-0.05, 0) is 26.8 Å². The normalized spacial score (nSPS) is 17.4. The first kappa shape index (κ1) is 13.5. The summed E-state index contributed by atoms with van der Waals surface area (Å²) in [7, 11) is -1.72. The third-order valence-electron chi connectivity index (χ3n) is 3.32. The minimum absolute atomic E-state index is 0.0643. The Hall–Kier alpha value is -0.920. The molecule has 1 fully saturated rings. The van der Waals surface area contributed by atoms with Gasteiger partial charge in [-0.15, -0.1) is 0 Å². The standard InChI is InChI=1S/C11H20N4O2S/c1-8-10(7-12-2)11(14-13-8)18(16,17)15-9-5-3-4-6-9/h9,12,15H,3-7H2,1-2H3,(H,13,14). The van der Waals surface area contributed by atoms with Crippen molar-refractivity contribution in [1.82, 2.24) is 20.2 Å². The topological polar surface area (TPSA) is 86.9 Å². The van der Waals surface area contributed by atoms with E-state index >= 15 is 0 Å². The van der Waals surface area contributed by atoms with Gasteiger partial charge in [-0.3, -0.25) is 5.10 Å². The predicted octanol–water partition coefficient (Wildman–Crippen LogP) is 0.658. The van der Waals surface area contributed by atoms with Crippen LogP contribution in [0.25, 0.3) is 0 Å². The van der Waals surface area contributed by atoms with Gasteiger partial charge in [0, 0.05) is 23.8 Å². The summed E-state index contributed by atoms with van der Waals surface area (Å²) in [5.41, 5.74) is 1.50. The van der Waals surface area contributed by atoms with Gasteiger partial charge in [0.1, 0.15) is 0 Å². The van der Waals surface area contributed by atoms with Crippen molar-refractivity contribution < 1.29 is 8.42 Å². The van der Waals surface area contributed by atoms with Crippen LogP contribution in [0.3, 0.4) is 0 Å². The van der Waals surface area contributed by atoms with E-state index in [-0.39, 0.29) is 11.1 Å². The van der Waals surface area contributed by atoms with Gasteiger partial charge in [0.05, 0.1) is 0 Å². The van der Waals surface area contributed by atoms with Crippen molar-refractivity contribution in [3.63, 3.8) is 0 Å². The van der Waals surface area contributed by atoms with E-state index in [9.17, 15) is 8.42 Å². The molecular formula is C11H20N4O2S. The Kier molecular flexibility index (Phi) is 4.04. The molecule has 0 aliphatic heterocycles. The van der Waals surface area contributed by atoms with Crippen molar-refractivity contribution in [2.24, 2.45) is 0 Å². The van der Waals surface area contributed by atoms with Crippen LogP contribution in [0.15, 0.2) is 5.03 Å². The SMILES string of the molecule is CNCc1c(S(=O)(=O)NC2CCCC2)n[nH]c1C. The number of sulfonamides is 1. The van der Waals surface area contributed by atoms with Crippen LogP contribution in [0.2, 0.25) is 0 Å². The maximum Gasteiger partial charge on any atom is 0.260 e. The van der Waals surface area contributed by atoms with Crippen LogP contribution in [0, 0.1) is 6.92 Å². The summed E-state index contributed by atoms with van der Waals surface area (Å²) in [6.45, 7) is 2.32. The minimum atomic E-state index is -3.51. The highest BCUT2D eigenvalue weighted by Gasteiger charge is 2.27. The molecule has 102 valence electrons. The van der Waals surface area contributed by atoms with Crippen LogP contribution in [0.5, 0.6) is 0 Å². The lowest BCUT2D eigenvalue weighted by Crippen LogP contribution is -2.33. The number of aryl methyl sites for hydroxylation is 1. The molecular weight excluding hydrogens is 252 g/mol. The van der Waals surface area contributed by atoms with Crippen molar-refractivity contribution in [3.05, 3.63) is 11.3 Å². The molecule has 6 nitrogen and oxygen atoms in total. The number of nitrogens with zero attached hydrogens (tertiary/aromatic N) is 1. The van der Waals surface area contributed by atoms with Crippen molar-refractivity contribution in [2.75, 3.05) is 7.05 Å². The summed E-state index contributed by atoms with van der Waals surface area (Å²) in [5, 5.41) is 9.77. The fourth-order valence-corrected chi connectivity index (χ4v) is 3.86. The van der Waals surface area contributed by atoms with Crippen molar-refractivity contribution >= 4 is 10.0 Å². The van der Waals surface area contributed by atoms with Gasteiger partial charge in [-0.1, -0.05) is 12.8 Å². The van der Waals surface area contributed by atoms with Gasteiger partial charge < -0.3 is 5.32 Å². The predicted molar refractivity (Wildman–Crippen MR) is 68.7 cm³/mol. The van der Waals surface area contributed by atoms with Gasteiger partial charge in [-0.25, -0.2) is 13.1 Å². The van der Waals surface area contributed by atoms with E-state index in [0.29, 0.717) is 12.1 Å². The monoisotopic (exact) mass is 272 g/mol. The van der Waals surface area contributed by atoms with Gasteiger partial charge in [0.15, 0.2) is 5.03 Å². The average Bonchev–Trinajstić information content (AvgIpc) is 2.90. The third-order valence-corrected chi connectivity index (χ3v) is 4.81. The smallest absolute Gasteiger partial charge is 0.260 e. The van der Waals surface area contributed by atoms with E-state index in [2.05, 4.69) is 20.2 Å². The molecule has 18 heavy (non-hydrogen) atoms. The molecule has 1 saturated carbocycles. The summed E-state index contributed by atoms with van der Waals surface area (Å²) in [5.74, 6) is 0. The molecule has 0 unspecified atom stereocenters. The van der Waals surface area contributed by atoms with E-state index in [1.54, 1.807) is 7.05 Å². The van der Waals surface area contributed by atoms with Crippen LogP contribution in [-0.2, 0) is 16.6 Å². The van der Waals surface area contributed by atoms with Crippen LogP contribution >= 0.6 is 0 Å². The molecule has 0 spiro atoms. The second-order valence-electron chi connectivity index (χ2n) is 4.77. The zero-order chi connectivity index (χ0) is 13.2. The minimum Gasteiger partial charge on any atom is -0.316 e. The maximum absolute atomic E-state index is 12.3. The molecule has 1 aromatic rings. The largest absolute Gasteiger partial charge is 0.316 e. The van der Waals surface area contributed by atoms with Crippen LogP contribution in [0.1, 0.15) is 36.9 Å². The second-order valence-corrected chi connectivity index (χ2v) is 6.39. The van der Waals surface area contributed by atoms with Crippen LogP contribution < -0.4 is 10.0 Å². The van der Waals surface area contributed by atoms with Crippen molar-refractivity contribution in [2.45, 2.75) is 50.2 Å². The van der Waals surface area contributed by atoms with Gasteiger partial charge in [0.2, 0.25) is 0 Å². The van der Waals surface area contributed by atoms with Gasteiger partial charge >= 0.3 is 0 Å². The Balaban J connectivity index is 2.23.